The van der Waals surface area contributed by atoms with Gasteiger partial charge in [0, 0.05) is 30.2 Å². The third-order valence-corrected chi connectivity index (χ3v) is 6.52. The molecule has 0 amide bonds. The van der Waals surface area contributed by atoms with Gasteiger partial charge in [-0.2, -0.15) is 9.41 Å². The summed E-state index contributed by atoms with van der Waals surface area (Å²) in [6.07, 6.45) is 0. The molecule has 2 aromatic rings. The zero-order valence-electron chi connectivity index (χ0n) is 15.5. The Hall–Kier alpha value is -2.53. The highest BCUT2D eigenvalue weighted by Gasteiger charge is 2.30. The molecule has 3 rings (SSSR count). The van der Waals surface area contributed by atoms with Gasteiger partial charge in [-0.3, -0.25) is 15.5 Å². The van der Waals surface area contributed by atoms with Crippen LogP contribution >= 0.6 is 11.6 Å². The Kier molecular flexibility index (Phi) is 6.48. The molecule has 0 atom stereocenters. The second-order valence-corrected chi connectivity index (χ2v) is 8.62. The zero-order chi connectivity index (χ0) is 21.0. The Morgan fingerprint density at radius 3 is 2.62 bits per heavy atom. The number of halogens is 1. The third kappa shape index (κ3) is 4.91. The summed E-state index contributed by atoms with van der Waals surface area (Å²) in [7, 11) is -3.97. The molecule has 0 bridgehead atoms. The van der Waals surface area contributed by atoms with Crippen LogP contribution in [0.3, 0.4) is 0 Å². The van der Waals surface area contributed by atoms with Crippen molar-refractivity contribution in [2.45, 2.75) is 11.8 Å². The number of nitrogens with zero attached hydrogens (tertiary/aromatic N) is 3. The fourth-order valence-electron chi connectivity index (χ4n) is 2.78. The smallest absolute Gasteiger partial charge is 0.270 e. The summed E-state index contributed by atoms with van der Waals surface area (Å²) in [6, 6.07) is 10.6. The topological polar surface area (TPSA) is 114 Å². The average molecular weight is 439 g/mol. The third-order valence-electron chi connectivity index (χ3n) is 4.35. The number of sulfonamides is 1. The van der Waals surface area contributed by atoms with Crippen LogP contribution in [0.2, 0.25) is 5.02 Å². The highest BCUT2D eigenvalue weighted by Crippen LogP contribution is 2.29. The van der Waals surface area contributed by atoms with Gasteiger partial charge in [-0.15, -0.1) is 0 Å². The second kappa shape index (κ2) is 8.87. The van der Waals surface area contributed by atoms with Crippen molar-refractivity contribution in [1.29, 1.82) is 0 Å². The number of hydrogen-bond donors (Lipinski definition) is 1. The molecule has 1 fully saturated rings. The predicted molar refractivity (Wildman–Crippen MR) is 110 cm³/mol. The minimum atomic E-state index is -3.97. The van der Waals surface area contributed by atoms with E-state index in [1.54, 1.807) is 25.1 Å². The van der Waals surface area contributed by atoms with E-state index in [1.807, 2.05) is 6.07 Å². The Morgan fingerprint density at radius 1 is 1.24 bits per heavy atom. The van der Waals surface area contributed by atoms with Crippen LogP contribution in [0.15, 0.2) is 52.5 Å². The maximum Gasteiger partial charge on any atom is 0.270 e. The van der Waals surface area contributed by atoms with Gasteiger partial charge in [-0.05, 0) is 30.7 Å². The monoisotopic (exact) mass is 438 g/mol. The van der Waals surface area contributed by atoms with Crippen LogP contribution in [0, 0.1) is 10.1 Å². The SMILES string of the molecule is C/C(=N\Nc1ccc([N+](=O)[O-])cc1S(=O)(=O)N1CCOCC1)c1cccc(Cl)c1. The minimum Gasteiger partial charge on any atom is -0.379 e. The number of non-ortho nitro benzene ring substituents is 1. The van der Waals surface area contributed by atoms with Crippen LogP contribution in [0.4, 0.5) is 11.4 Å². The maximum absolute atomic E-state index is 13.1. The Labute approximate surface area is 173 Å². The van der Waals surface area contributed by atoms with E-state index in [0.29, 0.717) is 10.7 Å². The van der Waals surface area contributed by atoms with Gasteiger partial charge < -0.3 is 4.74 Å². The Bertz CT molecular complexity index is 1050. The van der Waals surface area contributed by atoms with E-state index in [2.05, 4.69) is 10.5 Å². The van der Waals surface area contributed by atoms with E-state index in [4.69, 9.17) is 16.3 Å². The number of nitro groups is 1. The quantitative estimate of drug-likeness (QED) is 0.421. The standard InChI is InChI=1S/C18H19ClN4O5S/c1-13(14-3-2-4-15(19)11-14)20-21-17-6-5-16(23(24)25)12-18(17)29(26,27)22-7-9-28-10-8-22/h2-6,11-12,21H,7-10H2,1H3/b20-13+. The fraction of sp³-hybridized carbons (Fsp3) is 0.278. The summed E-state index contributed by atoms with van der Waals surface area (Å²) in [6.45, 7) is 2.62. The van der Waals surface area contributed by atoms with Gasteiger partial charge in [-0.25, -0.2) is 8.42 Å². The number of nitrogens with one attached hydrogen (secondary N) is 1. The molecule has 0 aliphatic carbocycles. The summed E-state index contributed by atoms with van der Waals surface area (Å²) in [4.78, 5) is 10.3. The van der Waals surface area contributed by atoms with Crippen molar-refractivity contribution in [3.8, 4) is 0 Å². The summed E-state index contributed by atoms with van der Waals surface area (Å²) in [5.41, 5.74) is 3.87. The summed E-state index contributed by atoms with van der Waals surface area (Å²) >= 11 is 5.99. The highest BCUT2D eigenvalue weighted by atomic mass is 35.5. The molecule has 2 aromatic carbocycles. The number of ether oxygens (including phenoxy) is 1. The van der Waals surface area contributed by atoms with Gasteiger partial charge in [0.15, 0.2) is 0 Å². The first-order chi connectivity index (χ1) is 13.8. The molecular formula is C18H19ClN4O5S. The van der Waals surface area contributed by atoms with Gasteiger partial charge in [0.1, 0.15) is 4.90 Å². The minimum absolute atomic E-state index is 0.142. The number of hydrazone groups is 1. The average Bonchev–Trinajstić information content (AvgIpc) is 2.72. The number of anilines is 1. The number of nitro benzene ring substituents is 1. The van der Waals surface area contributed by atoms with Gasteiger partial charge in [0.05, 0.1) is 29.5 Å². The van der Waals surface area contributed by atoms with Crippen molar-refractivity contribution in [2.24, 2.45) is 5.10 Å². The number of morpholine rings is 1. The maximum atomic E-state index is 13.1. The van der Waals surface area contributed by atoms with E-state index in [-0.39, 0.29) is 42.6 Å². The fourth-order valence-corrected chi connectivity index (χ4v) is 4.54. The predicted octanol–water partition coefficient (Wildman–Crippen LogP) is 3.11. The molecule has 11 heteroatoms. The van der Waals surface area contributed by atoms with Gasteiger partial charge in [-0.1, -0.05) is 23.7 Å². The summed E-state index contributed by atoms with van der Waals surface area (Å²) < 4.78 is 32.6. The lowest BCUT2D eigenvalue weighted by molar-refractivity contribution is -0.385. The molecule has 0 radical (unpaired) electrons. The van der Waals surface area contributed by atoms with Crippen molar-refractivity contribution in [3.63, 3.8) is 0 Å². The van der Waals surface area contributed by atoms with Crippen molar-refractivity contribution >= 4 is 38.7 Å². The second-order valence-electron chi connectivity index (χ2n) is 6.27. The van der Waals surface area contributed by atoms with E-state index in [1.165, 1.54) is 16.4 Å². The van der Waals surface area contributed by atoms with Crippen LogP contribution in [-0.4, -0.2) is 49.7 Å². The molecule has 9 nitrogen and oxygen atoms in total. The van der Waals surface area contributed by atoms with Crippen molar-refractivity contribution in [2.75, 3.05) is 31.7 Å². The van der Waals surface area contributed by atoms with Gasteiger partial charge >= 0.3 is 0 Å². The van der Waals surface area contributed by atoms with E-state index < -0.39 is 14.9 Å². The molecule has 1 aliphatic rings. The van der Waals surface area contributed by atoms with Gasteiger partial charge in [0.25, 0.3) is 5.69 Å². The molecule has 29 heavy (non-hydrogen) atoms. The Morgan fingerprint density at radius 2 is 1.97 bits per heavy atom. The van der Waals surface area contributed by atoms with E-state index in [9.17, 15) is 18.5 Å². The van der Waals surface area contributed by atoms with Crippen LogP contribution in [-0.2, 0) is 14.8 Å². The molecule has 154 valence electrons. The Balaban J connectivity index is 1.98. The largest absolute Gasteiger partial charge is 0.379 e. The first-order valence-corrected chi connectivity index (χ1v) is 10.5. The normalized spacial score (nSPS) is 15.9. The first-order valence-electron chi connectivity index (χ1n) is 8.71. The van der Waals surface area contributed by atoms with Crippen LogP contribution in [0.25, 0.3) is 0 Å². The lowest BCUT2D eigenvalue weighted by Crippen LogP contribution is -2.40. The van der Waals surface area contributed by atoms with Crippen LogP contribution in [0.5, 0.6) is 0 Å². The number of rotatable bonds is 6. The molecule has 0 spiro atoms. The molecular weight excluding hydrogens is 420 g/mol. The number of hydrogen-bond acceptors (Lipinski definition) is 7. The molecule has 0 saturated carbocycles. The summed E-state index contributed by atoms with van der Waals surface area (Å²) in [5.74, 6) is 0. The molecule has 1 saturated heterocycles. The molecule has 1 heterocycles. The molecule has 0 aromatic heterocycles. The molecule has 0 unspecified atom stereocenters. The van der Waals surface area contributed by atoms with E-state index in [0.717, 1.165) is 11.6 Å². The van der Waals surface area contributed by atoms with Crippen molar-refractivity contribution < 1.29 is 18.1 Å². The lowest BCUT2D eigenvalue weighted by Gasteiger charge is -2.26. The van der Waals surface area contributed by atoms with Crippen molar-refractivity contribution in [3.05, 3.63) is 63.2 Å². The van der Waals surface area contributed by atoms with Crippen molar-refractivity contribution in [1.82, 2.24) is 4.31 Å². The lowest BCUT2D eigenvalue weighted by atomic mass is 10.1. The summed E-state index contributed by atoms with van der Waals surface area (Å²) in [5, 5.41) is 15.9. The van der Waals surface area contributed by atoms with Crippen LogP contribution in [0.1, 0.15) is 12.5 Å². The molecule has 1 N–H and O–H groups in total. The highest BCUT2D eigenvalue weighted by molar-refractivity contribution is 7.89. The zero-order valence-corrected chi connectivity index (χ0v) is 17.1. The van der Waals surface area contributed by atoms with Gasteiger partial charge in [0.2, 0.25) is 10.0 Å². The number of benzene rings is 2. The molecule has 1 aliphatic heterocycles. The first kappa shape index (κ1) is 21.2. The van der Waals surface area contributed by atoms with E-state index >= 15 is 0 Å². The van der Waals surface area contributed by atoms with Crippen LogP contribution < -0.4 is 5.43 Å².